The smallest absolute Gasteiger partial charge is 0.240 e. The zero-order valence-electron chi connectivity index (χ0n) is 6.87. The molecule has 0 unspecified atom stereocenters. The molecule has 0 aliphatic carbocycles. The Morgan fingerprint density at radius 1 is 1.62 bits per heavy atom. The molecule has 6 heteroatoms. The van der Waals surface area contributed by atoms with Crippen molar-refractivity contribution in [3.63, 3.8) is 0 Å². The van der Waals surface area contributed by atoms with Crippen molar-refractivity contribution < 1.29 is 14.0 Å². The predicted octanol–water partition coefficient (Wildman–Crippen LogP) is -0.194. The number of halogens is 2. The van der Waals surface area contributed by atoms with Gasteiger partial charge in [0.1, 0.15) is 12.2 Å². The summed E-state index contributed by atoms with van der Waals surface area (Å²) >= 11 is 2.96. The first-order valence-electron chi connectivity index (χ1n) is 3.85. The first-order chi connectivity index (χ1) is 6.06. The maximum Gasteiger partial charge on any atom is 0.240 e. The van der Waals surface area contributed by atoms with E-state index in [4.69, 9.17) is 5.73 Å². The van der Waals surface area contributed by atoms with Crippen molar-refractivity contribution in [2.75, 3.05) is 11.9 Å². The van der Waals surface area contributed by atoms with Gasteiger partial charge in [-0.3, -0.25) is 9.59 Å². The average Bonchev–Trinajstić information content (AvgIpc) is 2.46. The molecule has 0 aromatic carbocycles. The summed E-state index contributed by atoms with van der Waals surface area (Å²) in [6.45, 7) is -0.0297. The molecule has 1 fully saturated rings. The van der Waals surface area contributed by atoms with E-state index in [9.17, 15) is 14.0 Å². The van der Waals surface area contributed by atoms with Crippen LogP contribution in [0.2, 0.25) is 0 Å². The summed E-state index contributed by atoms with van der Waals surface area (Å²) in [6.07, 6.45) is -1.12. The molecule has 74 valence electrons. The first-order valence-corrected chi connectivity index (χ1v) is 4.97. The highest BCUT2D eigenvalue weighted by atomic mass is 79.9. The lowest BCUT2D eigenvalue weighted by molar-refractivity contribution is -0.135. The Hall–Kier alpha value is -0.650. The minimum Gasteiger partial charge on any atom is -0.368 e. The molecule has 4 nitrogen and oxygen atoms in total. The van der Waals surface area contributed by atoms with E-state index in [0.29, 0.717) is 0 Å². The van der Waals surface area contributed by atoms with Gasteiger partial charge in [0.15, 0.2) is 0 Å². The van der Waals surface area contributed by atoms with Crippen LogP contribution in [0.15, 0.2) is 0 Å². The van der Waals surface area contributed by atoms with E-state index in [1.807, 2.05) is 0 Å². The van der Waals surface area contributed by atoms with Gasteiger partial charge in [0.25, 0.3) is 0 Å². The first kappa shape index (κ1) is 10.4. The van der Waals surface area contributed by atoms with Crippen molar-refractivity contribution in [1.82, 2.24) is 4.90 Å². The fraction of sp³-hybridized carbons (Fsp3) is 0.714. The molecule has 0 aromatic heterocycles. The molecule has 2 amide bonds. The predicted molar refractivity (Wildman–Crippen MR) is 48.0 cm³/mol. The Morgan fingerprint density at radius 2 is 2.23 bits per heavy atom. The van der Waals surface area contributed by atoms with Crippen molar-refractivity contribution in [2.45, 2.75) is 18.6 Å². The number of carbonyl (C=O) groups excluding carboxylic acids is 2. The monoisotopic (exact) mass is 252 g/mol. The van der Waals surface area contributed by atoms with E-state index in [2.05, 4.69) is 15.9 Å². The second-order valence-electron chi connectivity index (χ2n) is 2.93. The molecule has 13 heavy (non-hydrogen) atoms. The molecule has 1 heterocycles. The minimum absolute atomic E-state index is 0.0219. The number of likely N-dealkylation sites (tertiary alicyclic amines) is 1. The summed E-state index contributed by atoms with van der Waals surface area (Å²) in [5.41, 5.74) is 5.03. The third kappa shape index (κ3) is 2.18. The largest absolute Gasteiger partial charge is 0.368 e. The van der Waals surface area contributed by atoms with E-state index < -0.39 is 18.1 Å². The SMILES string of the molecule is NC(=O)[C@@H]1C[C@H](F)CN1C(=O)CBr. The molecule has 0 spiro atoms. The van der Waals surface area contributed by atoms with Gasteiger partial charge in [-0.15, -0.1) is 0 Å². The highest BCUT2D eigenvalue weighted by Crippen LogP contribution is 2.20. The standard InChI is InChI=1S/C7H10BrFN2O2/c8-2-6(12)11-3-4(9)1-5(11)7(10)13/h4-5H,1-3H2,(H2,10,13)/t4-,5-/m0/s1. The van der Waals surface area contributed by atoms with Gasteiger partial charge in [-0.05, 0) is 0 Å². The van der Waals surface area contributed by atoms with Crippen molar-refractivity contribution in [3.8, 4) is 0 Å². The van der Waals surface area contributed by atoms with Crippen molar-refractivity contribution in [2.24, 2.45) is 5.73 Å². The zero-order valence-corrected chi connectivity index (χ0v) is 8.46. The molecular weight excluding hydrogens is 243 g/mol. The Bertz CT molecular complexity index is 237. The second-order valence-corrected chi connectivity index (χ2v) is 3.49. The maximum atomic E-state index is 12.9. The Kier molecular flexibility index (Phi) is 3.24. The lowest BCUT2D eigenvalue weighted by atomic mass is 10.2. The van der Waals surface area contributed by atoms with E-state index in [1.54, 1.807) is 0 Å². The molecule has 1 aliphatic heterocycles. The Morgan fingerprint density at radius 3 is 2.69 bits per heavy atom. The van der Waals surface area contributed by atoms with Gasteiger partial charge in [0.05, 0.1) is 11.9 Å². The van der Waals surface area contributed by atoms with Gasteiger partial charge < -0.3 is 10.6 Å². The Balaban J connectivity index is 2.71. The Labute approximate surface area is 83.4 Å². The number of hydrogen-bond donors (Lipinski definition) is 1. The fourth-order valence-electron chi connectivity index (χ4n) is 1.41. The normalized spacial score (nSPS) is 27.7. The topological polar surface area (TPSA) is 63.4 Å². The number of alkyl halides is 2. The van der Waals surface area contributed by atoms with Crippen LogP contribution >= 0.6 is 15.9 Å². The minimum atomic E-state index is -1.14. The van der Waals surface area contributed by atoms with E-state index in [1.165, 1.54) is 4.90 Å². The average molecular weight is 253 g/mol. The lowest BCUT2D eigenvalue weighted by Gasteiger charge is -2.20. The highest BCUT2D eigenvalue weighted by molar-refractivity contribution is 9.09. The van der Waals surface area contributed by atoms with Gasteiger partial charge >= 0.3 is 0 Å². The van der Waals surface area contributed by atoms with Crippen LogP contribution in [0.3, 0.4) is 0 Å². The summed E-state index contributed by atoms with van der Waals surface area (Å²) in [5, 5.41) is 0.0868. The number of hydrogen-bond acceptors (Lipinski definition) is 2. The van der Waals surface area contributed by atoms with Crippen LogP contribution in [0.1, 0.15) is 6.42 Å². The van der Waals surface area contributed by atoms with Crippen LogP contribution in [-0.4, -0.2) is 40.8 Å². The van der Waals surface area contributed by atoms with Gasteiger partial charge in [-0.2, -0.15) is 0 Å². The molecule has 0 radical (unpaired) electrons. The summed E-state index contributed by atoms with van der Waals surface area (Å²) in [7, 11) is 0. The third-order valence-electron chi connectivity index (χ3n) is 2.01. The van der Waals surface area contributed by atoms with Crippen LogP contribution in [0.4, 0.5) is 4.39 Å². The number of rotatable bonds is 2. The highest BCUT2D eigenvalue weighted by Gasteiger charge is 2.37. The van der Waals surface area contributed by atoms with E-state index >= 15 is 0 Å². The molecular formula is C7H10BrFN2O2. The van der Waals surface area contributed by atoms with Gasteiger partial charge in [0.2, 0.25) is 11.8 Å². The summed E-state index contributed by atoms with van der Waals surface area (Å²) in [5.74, 6) is -0.946. The van der Waals surface area contributed by atoms with Gasteiger partial charge in [0, 0.05) is 6.42 Å². The molecule has 1 saturated heterocycles. The molecule has 1 rings (SSSR count). The lowest BCUT2D eigenvalue weighted by Crippen LogP contribution is -2.44. The van der Waals surface area contributed by atoms with Crippen LogP contribution in [0.5, 0.6) is 0 Å². The fourth-order valence-corrected chi connectivity index (χ4v) is 1.73. The molecule has 0 saturated carbocycles. The summed E-state index contributed by atoms with van der Waals surface area (Å²) in [4.78, 5) is 23.2. The molecule has 2 atom stereocenters. The van der Waals surface area contributed by atoms with Crippen LogP contribution in [-0.2, 0) is 9.59 Å². The molecule has 0 bridgehead atoms. The third-order valence-corrected chi connectivity index (χ3v) is 2.49. The maximum absolute atomic E-state index is 12.9. The van der Waals surface area contributed by atoms with E-state index in [0.717, 1.165) is 0 Å². The van der Waals surface area contributed by atoms with Crippen LogP contribution in [0.25, 0.3) is 0 Å². The summed E-state index contributed by atoms with van der Waals surface area (Å²) < 4.78 is 12.9. The van der Waals surface area contributed by atoms with Gasteiger partial charge in [-0.25, -0.2) is 4.39 Å². The molecule has 0 aromatic rings. The molecule has 1 aliphatic rings. The van der Waals surface area contributed by atoms with Gasteiger partial charge in [-0.1, -0.05) is 15.9 Å². The number of nitrogens with zero attached hydrogens (tertiary/aromatic N) is 1. The van der Waals surface area contributed by atoms with Crippen molar-refractivity contribution in [1.29, 1.82) is 0 Å². The van der Waals surface area contributed by atoms with E-state index in [-0.39, 0.29) is 24.2 Å². The summed E-state index contributed by atoms with van der Waals surface area (Å²) in [6, 6.07) is -0.778. The van der Waals surface area contributed by atoms with Crippen LogP contribution in [0, 0.1) is 0 Å². The number of amides is 2. The second kappa shape index (κ2) is 4.04. The quantitative estimate of drug-likeness (QED) is 0.693. The zero-order chi connectivity index (χ0) is 10.0. The number of nitrogens with two attached hydrogens (primary N) is 1. The number of primary amides is 1. The van der Waals surface area contributed by atoms with Crippen molar-refractivity contribution in [3.05, 3.63) is 0 Å². The van der Waals surface area contributed by atoms with Crippen molar-refractivity contribution >= 4 is 27.7 Å². The van der Waals surface area contributed by atoms with Crippen LogP contribution < -0.4 is 5.73 Å². The number of carbonyl (C=O) groups is 2. The molecule has 2 N–H and O–H groups in total.